The minimum Gasteiger partial charge on any atom is -0.465 e. The van der Waals surface area contributed by atoms with Crippen molar-refractivity contribution < 1.29 is 19.2 Å². The summed E-state index contributed by atoms with van der Waals surface area (Å²) in [6, 6.07) is 13.0. The van der Waals surface area contributed by atoms with E-state index in [2.05, 4.69) is 5.32 Å². The number of hydrogen-bond donors (Lipinski definition) is 1. The lowest BCUT2D eigenvalue weighted by Crippen LogP contribution is -2.14. The molecule has 1 N–H and O–H groups in total. The third-order valence-electron chi connectivity index (χ3n) is 4.17. The third kappa shape index (κ3) is 4.13. The van der Waals surface area contributed by atoms with Gasteiger partial charge < -0.3 is 10.1 Å². The van der Waals surface area contributed by atoms with Gasteiger partial charge in [0.2, 0.25) is 0 Å². The van der Waals surface area contributed by atoms with Gasteiger partial charge in [0.05, 0.1) is 12.0 Å². The Morgan fingerprint density at radius 1 is 1.17 bits per heavy atom. The number of halogens is 1. The fourth-order valence-electron chi connectivity index (χ4n) is 2.85. The predicted octanol–water partition coefficient (Wildman–Crippen LogP) is 5.32. The summed E-state index contributed by atoms with van der Waals surface area (Å²) < 4.78 is 4.92. The number of benzene rings is 2. The van der Waals surface area contributed by atoms with E-state index >= 15 is 0 Å². The minimum atomic E-state index is -0.665. The summed E-state index contributed by atoms with van der Waals surface area (Å²) in [5.74, 6) is -1.19. The van der Waals surface area contributed by atoms with Gasteiger partial charge in [-0.15, -0.1) is 11.3 Å². The Morgan fingerprint density at radius 2 is 1.86 bits per heavy atom. The number of carbonyl (C=O) groups excluding carboxylic acids is 2. The fraction of sp³-hybridized carbons (Fsp3) is 0.100. The number of anilines is 1. The molecule has 9 heteroatoms. The first kappa shape index (κ1) is 20.5. The number of carbonyl (C=O) groups is 2. The lowest BCUT2D eigenvalue weighted by molar-refractivity contribution is -0.384. The number of methoxy groups -OCH3 is 1. The van der Waals surface area contributed by atoms with Gasteiger partial charge in [0, 0.05) is 22.1 Å². The van der Waals surface area contributed by atoms with Crippen molar-refractivity contribution in [2.75, 3.05) is 12.4 Å². The number of ether oxygens (including phenoxy) is 1. The normalized spacial score (nSPS) is 10.4. The second kappa shape index (κ2) is 8.42. The average molecular weight is 431 g/mol. The Hall–Kier alpha value is -3.23. The van der Waals surface area contributed by atoms with Gasteiger partial charge in [-0.05, 0) is 24.6 Å². The Bertz CT molecular complexity index is 1110. The van der Waals surface area contributed by atoms with Crippen molar-refractivity contribution in [2.24, 2.45) is 0 Å². The van der Waals surface area contributed by atoms with E-state index in [1.54, 1.807) is 0 Å². The maximum absolute atomic E-state index is 12.7. The quantitative estimate of drug-likeness (QED) is 0.335. The summed E-state index contributed by atoms with van der Waals surface area (Å²) in [7, 11) is 1.26. The average Bonchev–Trinajstić information content (AvgIpc) is 3.03. The van der Waals surface area contributed by atoms with Crippen molar-refractivity contribution in [1.82, 2.24) is 0 Å². The van der Waals surface area contributed by atoms with Crippen molar-refractivity contribution in [3.8, 4) is 11.1 Å². The zero-order valence-corrected chi connectivity index (χ0v) is 17.0. The lowest BCUT2D eigenvalue weighted by Gasteiger charge is -2.08. The van der Waals surface area contributed by atoms with E-state index in [0.29, 0.717) is 10.6 Å². The highest BCUT2D eigenvalue weighted by molar-refractivity contribution is 7.17. The van der Waals surface area contributed by atoms with Gasteiger partial charge in [-0.3, -0.25) is 14.9 Å². The van der Waals surface area contributed by atoms with Crippen LogP contribution >= 0.6 is 22.9 Å². The molecule has 0 fully saturated rings. The highest BCUT2D eigenvalue weighted by Gasteiger charge is 2.26. The number of nitro benzene ring substituents is 1. The number of aryl methyl sites for hydroxylation is 1. The molecule has 29 heavy (non-hydrogen) atoms. The molecule has 1 amide bonds. The molecule has 7 nitrogen and oxygen atoms in total. The van der Waals surface area contributed by atoms with Gasteiger partial charge in [-0.25, -0.2) is 4.79 Å². The molecule has 148 valence electrons. The lowest BCUT2D eigenvalue weighted by atomic mass is 10.0. The molecular weight excluding hydrogens is 416 g/mol. The molecule has 0 unspecified atom stereocenters. The van der Waals surface area contributed by atoms with Crippen molar-refractivity contribution in [3.63, 3.8) is 0 Å². The summed E-state index contributed by atoms with van der Waals surface area (Å²) in [5.41, 5.74) is 1.38. The first-order chi connectivity index (χ1) is 13.8. The Balaban J connectivity index is 2.04. The van der Waals surface area contributed by atoms with E-state index in [1.165, 1.54) is 30.6 Å². The van der Waals surface area contributed by atoms with Crippen molar-refractivity contribution >= 4 is 45.5 Å². The van der Waals surface area contributed by atoms with Crippen LogP contribution in [0.1, 0.15) is 25.6 Å². The van der Waals surface area contributed by atoms with Gasteiger partial charge in [0.25, 0.3) is 11.6 Å². The van der Waals surface area contributed by atoms with Crippen LogP contribution in [0.2, 0.25) is 5.02 Å². The summed E-state index contributed by atoms with van der Waals surface area (Å²) in [4.78, 5) is 36.4. The van der Waals surface area contributed by atoms with Gasteiger partial charge in [-0.1, -0.05) is 41.9 Å². The SMILES string of the molecule is COC(=O)c1c(NC(=O)c2ccc(Cl)c([N+](=O)[O-])c2)sc(C)c1-c1ccccc1. The number of rotatable bonds is 5. The van der Waals surface area contributed by atoms with Crippen LogP contribution in [-0.4, -0.2) is 23.9 Å². The third-order valence-corrected chi connectivity index (χ3v) is 5.51. The molecule has 1 heterocycles. The van der Waals surface area contributed by atoms with Crippen LogP contribution < -0.4 is 5.32 Å². The molecule has 0 saturated carbocycles. The summed E-state index contributed by atoms with van der Waals surface area (Å²) >= 11 is 7.02. The van der Waals surface area contributed by atoms with E-state index in [9.17, 15) is 19.7 Å². The number of thiophene rings is 1. The minimum absolute atomic E-state index is 0.0456. The second-order valence-corrected chi connectivity index (χ2v) is 7.60. The Labute approximate surface area is 175 Å². The van der Waals surface area contributed by atoms with Crippen molar-refractivity contribution in [2.45, 2.75) is 6.92 Å². The van der Waals surface area contributed by atoms with Crippen LogP contribution in [0.25, 0.3) is 11.1 Å². The molecule has 2 aromatic carbocycles. The zero-order chi connectivity index (χ0) is 21.1. The molecule has 0 bridgehead atoms. The fourth-order valence-corrected chi connectivity index (χ4v) is 4.10. The van der Waals surface area contributed by atoms with Crippen LogP contribution in [0.5, 0.6) is 0 Å². The molecule has 0 radical (unpaired) electrons. The number of nitro groups is 1. The molecule has 3 rings (SSSR count). The van der Waals surface area contributed by atoms with E-state index in [-0.39, 0.29) is 21.8 Å². The van der Waals surface area contributed by atoms with Gasteiger partial charge in [-0.2, -0.15) is 0 Å². The molecule has 0 aliphatic heterocycles. The summed E-state index contributed by atoms with van der Waals surface area (Å²) in [6.45, 7) is 1.84. The largest absolute Gasteiger partial charge is 0.465 e. The van der Waals surface area contributed by atoms with E-state index < -0.39 is 16.8 Å². The van der Waals surface area contributed by atoms with Crippen LogP contribution in [0, 0.1) is 17.0 Å². The number of nitrogens with one attached hydrogen (secondary N) is 1. The molecular formula is C20H15ClN2O5S. The summed E-state index contributed by atoms with van der Waals surface area (Å²) in [6.07, 6.45) is 0. The van der Waals surface area contributed by atoms with E-state index in [0.717, 1.165) is 16.5 Å². The molecule has 0 atom stereocenters. The number of amides is 1. The van der Waals surface area contributed by atoms with Crippen molar-refractivity contribution in [1.29, 1.82) is 0 Å². The molecule has 1 aromatic heterocycles. The first-order valence-electron chi connectivity index (χ1n) is 8.36. The molecule has 0 spiro atoms. The van der Waals surface area contributed by atoms with Crippen LogP contribution in [0.15, 0.2) is 48.5 Å². The first-order valence-corrected chi connectivity index (χ1v) is 9.55. The zero-order valence-electron chi connectivity index (χ0n) is 15.4. The van der Waals surface area contributed by atoms with Gasteiger partial charge in [0.15, 0.2) is 0 Å². The monoisotopic (exact) mass is 430 g/mol. The number of esters is 1. The maximum atomic E-state index is 12.7. The van der Waals surface area contributed by atoms with Crippen molar-refractivity contribution in [3.05, 3.63) is 79.7 Å². The van der Waals surface area contributed by atoms with Crippen LogP contribution in [0.3, 0.4) is 0 Å². The topological polar surface area (TPSA) is 98.5 Å². The molecule has 0 saturated heterocycles. The number of hydrogen-bond acceptors (Lipinski definition) is 6. The van der Waals surface area contributed by atoms with Gasteiger partial charge >= 0.3 is 5.97 Å². The second-order valence-electron chi connectivity index (χ2n) is 5.97. The summed E-state index contributed by atoms with van der Waals surface area (Å²) in [5, 5.41) is 14.0. The molecule has 3 aromatic rings. The maximum Gasteiger partial charge on any atom is 0.341 e. The highest BCUT2D eigenvalue weighted by atomic mass is 35.5. The van der Waals surface area contributed by atoms with Crippen LogP contribution in [0.4, 0.5) is 10.7 Å². The van der Waals surface area contributed by atoms with E-state index in [1.807, 2.05) is 37.3 Å². The Kier molecular flexibility index (Phi) is 5.95. The molecule has 0 aliphatic rings. The smallest absolute Gasteiger partial charge is 0.341 e. The standard InChI is InChI=1S/C20H15ClN2O5S/c1-11-16(12-6-4-3-5-7-12)17(20(25)28-2)19(29-11)22-18(24)13-8-9-14(21)15(10-13)23(26)27/h3-10H,1-2H3,(H,22,24). The highest BCUT2D eigenvalue weighted by Crippen LogP contribution is 2.40. The van der Waals surface area contributed by atoms with Gasteiger partial charge in [0.1, 0.15) is 15.6 Å². The number of nitrogens with zero attached hydrogens (tertiary/aromatic N) is 1. The Morgan fingerprint density at radius 3 is 2.48 bits per heavy atom. The van der Waals surface area contributed by atoms with E-state index in [4.69, 9.17) is 16.3 Å². The predicted molar refractivity (Wildman–Crippen MR) is 112 cm³/mol. The molecule has 0 aliphatic carbocycles. The van der Waals surface area contributed by atoms with Crippen LogP contribution in [-0.2, 0) is 4.74 Å².